The number of imide groups is 1. The Morgan fingerprint density at radius 3 is 2.00 bits per heavy atom. The summed E-state index contributed by atoms with van der Waals surface area (Å²) in [6.07, 6.45) is -1.72. The van der Waals surface area contributed by atoms with Crippen molar-refractivity contribution in [2.45, 2.75) is 52.7 Å². The van der Waals surface area contributed by atoms with Gasteiger partial charge in [-0.15, -0.1) is 0 Å². The van der Waals surface area contributed by atoms with Crippen LogP contribution in [0, 0.1) is 10.1 Å². The van der Waals surface area contributed by atoms with Crippen molar-refractivity contribution in [1.82, 2.24) is 4.90 Å². The molecular weight excluding hydrogens is 356 g/mol. The quantitative estimate of drug-likeness (QED) is 0.556. The Balaban J connectivity index is 2.81. The second-order valence-electron chi connectivity index (χ2n) is 7.72. The molecule has 9 heteroatoms. The first-order valence-electron chi connectivity index (χ1n) is 8.39. The molecular formula is C18H26N2O7. The molecule has 0 aliphatic carbocycles. The van der Waals surface area contributed by atoms with E-state index in [-0.39, 0.29) is 24.6 Å². The number of rotatable bonds is 5. The standard InChI is InChI=1S/C18H26N2O7/c1-17(2,3)26-15(21)19(16(22)27-18(4,5)6)10-11-25-14-9-7-8-13(12-14)20(23)24/h7-9,12H,10-11H2,1-6H3. The highest BCUT2D eigenvalue weighted by atomic mass is 16.6. The zero-order valence-electron chi connectivity index (χ0n) is 16.5. The Hall–Kier alpha value is -2.84. The van der Waals surface area contributed by atoms with Gasteiger partial charge >= 0.3 is 12.2 Å². The number of ether oxygens (including phenoxy) is 3. The van der Waals surface area contributed by atoms with Crippen molar-refractivity contribution in [2.75, 3.05) is 13.2 Å². The molecule has 0 saturated heterocycles. The molecule has 0 aliphatic rings. The predicted octanol–water partition coefficient (Wildman–Crippen LogP) is 4.15. The largest absolute Gasteiger partial charge is 0.491 e. The van der Waals surface area contributed by atoms with E-state index in [2.05, 4.69) is 0 Å². The van der Waals surface area contributed by atoms with Gasteiger partial charge in [0.1, 0.15) is 23.6 Å². The Bertz CT molecular complexity index is 662. The van der Waals surface area contributed by atoms with Crippen LogP contribution >= 0.6 is 0 Å². The molecule has 9 nitrogen and oxygen atoms in total. The first kappa shape index (κ1) is 22.2. The minimum atomic E-state index is -0.862. The van der Waals surface area contributed by atoms with Crippen LogP contribution in [0.15, 0.2) is 24.3 Å². The van der Waals surface area contributed by atoms with Crippen LogP contribution in [0.3, 0.4) is 0 Å². The SMILES string of the molecule is CC(C)(C)OC(=O)N(CCOc1cccc([N+](=O)[O-])c1)C(=O)OC(C)(C)C. The minimum Gasteiger partial charge on any atom is -0.491 e. The van der Waals surface area contributed by atoms with Crippen LogP contribution in [-0.4, -0.2) is 46.4 Å². The summed E-state index contributed by atoms with van der Waals surface area (Å²) in [5, 5.41) is 10.8. The van der Waals surface area contributed by atoms with Crippen LogP contribution < -0.4 is 4.74 Å². The molecule has 0 N–H and O–H groups in total. The highest BCUT2D eigenvalue weighted by molar-refractivity contribution is 5.88. The van der Waals surface area contributed by atoms with Crippen LogP contribution in [0.2, 0.25) is 0 Å². The molecule has 1 aromatic carbocycles. The van der Waals surface area contributed by atoms with Crippen molar-refractivity contribution in [1.29, 1.82) is 0 Å². The van der Waals surface area contributed by atoms with Crippen LogP contribution in [0.25, 0.3) is 0 Å². The number of nitro groups is 1. The van der Waals surface area contributed by atoms with Gasteiger partial charge in [-0.3, -0.25) is 10.1 Å². The number of hydrogen-bond donors (Lipinski definition) is 0. The van der Waals surface area contributed by atoms with E-state index >= 15 is 0 Å². The van der Waals surface area contributed by atoms with Gasteiger partial charge in [0.15, 0.2) is 0 Å². The normalized spacial score (nSPS) is 11.5. The number of hydrogen-bond acceptors (Lipinski definition) is 7. The zero-order valence-corrected chi connectivity index (χ0v) is 16.5. The molecule has 0 aliphatic heterocycles. The minimum absolute atomic E-state index is 0.0837. The molecule has 2 amide bonds. The van der Waals surface area contributed by atoms with Gasteiger partial charge in [0, 0.05) is 6.07 Å². The topological polar surface area (TPSA) is 108 Å². The molecule has 1 aromatic rings. The zero-order chi connectivity index (χ0) is 20.8. The van der Waals surface area contributed by atoms with Crippen LogP contribution in [0.1, 0.15) is 41.5 Å². The summed E-state index contributed by atoms with van der Waals surface area (Å²) in [6.45, 7) is 9.84. The lowest BCUT2D eigenvalue weighted by atomic mass is 10.2. The molecule has 0 saturated carbocycles. The van der Waals surface area contributed by atoms with E-state index in [1.165, 1.54) is 24.3 Å². The molecule has 0 heterocycles. The number of nitro benzene ring substituents is 1. The Morgan fingerprint density at radius 1 is 1.04 bits per heavy atom. The smallest absolute Gasteiger partial charge is 0.419 e. The van der Waals surface area contributed by atoms with E-state index in [1.54, 1.807) is 41.5 Å². The number of amides is 2. The lowest BCUT2D eigenvalue weighted by Crippen LogP contribution is -2.45. The number of nitrogens with zero attached hydrogens (tertiary/aromatic N) is 2. The summed E-state index contributed by atoms with van der Waals surface area (Å²) in [5.41, 5.74) is -1.71. The van der Waals surface area contributed by atoms with Crippen molar-refractivity contribution in [3.63, 3.8) is 0 Å². The highest BCUT2D eigenvalue weighted by Gasteiger charge is 2.31. The van der Waals surface area contributed by atoms with Gasteiger partial charge in [-0.2, -0.15) is 0 Å². The van der Waals surface area contributed by atoms with Crippen molar-refractivity contribution in [3.8, 4) is 5.75 Å². The lowest BCUT2D eigenvalue weighted by molar-refractivity contribution is -0.384. The Kier molecular flexibility index (Phi) is 7.15. The molecule has 0 atom stereocenters. The van der Waals surface area contributed by atoms with Gasteiger partial charge in [-0.1, -0.05) is 6.07 Å². The summed E-state index contributed by atoms with van der Waals surface area (Å²) in [5.74, 6) is 0.248. The molecule has 0 bridgehead atoms. The fourth-order valence-electron chi connectivity index (χ4n) is 1.83. The van der Waals surface area contributed by atoms with Gasteiger partial charge in [0.25, 0.3) is 5.69 Å². The maximum atomic E-state index is 12.3. The van der Waals surface area contributed by atoms with Gasteiger partial charge in [-0.25, -0.2) is 14.5 Å². The number of non-ortho nitro benzene ring substituents is 1. The van der Waals surface area contributed by atoms with Crippen LogP contribution in [-0.2, 0) is 9.47 Å². The van der Waals surface area contributed by atoms with Crippen molar-refractivity contribution in [2.24, 2.45) is 0 Å². The van der Waals surface area contributed by atoms with Crippen molar-refractivity contribution < 1.29 is 28.7 Å². The lowest BCUT2D eigenvalue weighted by Gasteiger charge is -2.28. The maximum absolute atomic E-state index is 12.3. The number of benzene rings is 1. The van der Waals surface area contributed by atoms with Crippen LogP contribution in [0.4, 0.5) is 15.3 Å². The molecule has 150 valence electrons. The van der Waals surface area contributed by atoms with Crippen LogP contribution in [0.5, 0.6) is 5.75 Å². The fourth-order valence-corrected chi connectivity index (χ4v) is 1.83. The predicted molar refractivity (Wildman–Crippen MR) is 97.8 cm³/mol. The number of carbonyl (C=O) groups is 2. The van der Waals surface area contributed by atoms with Gasteiger partial charge in [0.05, 0.1) is 17.5 Å². The summed E-state index contributed by atoms with van der Waals surface area (Å²) in [6, 6.07) is 5.61. The third-order valence-electron chi connectivity index (χ3n) is 2.84. The average molecular weight is 382 g/mol. The summed E-state index contributed by atoms with van der Waals surface area (Å²) < 4.78 is 15.9. The molecule has 1 rings (SSSR count). The molecule has 0 unspecified atom stereocenters. The van der Waals surface area contributed by atoms with E-state index in [0.29, 0.717) is 0 Å². The van der Waals surface area contributed by atoms with Gasteiger partial charge < -0.3 is 14.2 Å². The van der Waals surface area contributed by atoms with Crippen molar-refractivity contribution >= 4 is 17.9 Å². The first-order chi connectivity index (χ1) is 12.3. The second kappa shape index (κ2) is 8.70. The first-order valence-corrected chi connectivity index (χ1v) is 8.39. The van der Waals surface area contributed by atoms with Gasteiger partial charge in [-0.05, 0) is 47.6 Å². The maximum Gasteiger partial charge on any atom is 0.419 e. The summed E-state index contributed by atoms with van der Waals surface area (Å²) >= 11 is 0. The molecule has 0 radical (unpaired) electrons. The highest BCUT2D eigenvalue weighted by Crippen LogP contribution is 2.19. The van der Waals surface area contributed by atoms with E-state index in [0.717, 1.165) is 4.90 Å². The number of carbonyl (C=O) groups excluding carboxylic acids is 2. The molecule has 27 heavy (non-hydrogen) atoms. The van der Waals surface area contributed by atoms with Crippen molar-refractivity contribution in [3.05, 3.63) is 34.4 Å². The van der Waals surface area contributed by atoms with E-state index in [1.807, 2.05) is 0 Å². The summed E-state index contributed by atoms with van der Waals surface area (Å²) in [4.78, 5) is 35.7. The second-order valence-corrected chi connectivity index (χ2v) is 7.72. The fraction of sp³-hybridized carbons (Fsp3) is 0.556. The summed E-state index contributed by atoms with van der Waals surface area (Å²) in [7, 11) is 0. The van der Waals surface area contributed by atoms with E-state index in [4.69, 9.17) is 14.2 Å². The Labute approximate surface area is 158 Å². The molecule has 0 fully saturated rings. The monoisotopic (exact) mass is 382 g/mol. The average Bonchev–Trinajstić information content (AvgIpc) is 2.48. The van der Waals surface area contributed by atoms with E-state index in [9.17, 15) is 19.7 Å². The third-order valence-corrected chi connectivity index (χ3v) is 2.84. The molecule has 0 spiro atoms. The Morgan fingerprint density at radius 2 is 1.56 bits per heavy atom. The molecule has 0 aromatic heterocycles. The van der Waals surface area contributed by atoms with Gasteiger partial charge in [0.2, 0.25) is 0 Å². The third kappa shape index (κ3) is 8.39. The van der Waals surface area contributed by atoms with E-state index < -0.39 is 28.3 Å².